The van der Waals surface area contributed by atoms with Gasteiger partial charge in [0.2, 0.25) is 0 Å². The number of hydrogen-bond donors (Lipinski definition) is 1. The zero-order valence-corrected chi connectivity index (χ0v) is 15.0. The number of H-pyrrole nitrogens is 1. The molecule has 0 saturated heterocycles. The normalized spacial score (nSPS) is 13.3. The molecule has 132 valence electrons. The molecule has 3 aromatic heterocycles. The van der Waals surface area contributed by atoms with Crippen LogP contribution in [-0.4, -0.2) is 14.5 Å². The molecule has 0 amide bonds. The molecule has 0 radical (unpaired) electrons. The van der Waals surface area contributed by atoms with E-state index in [1.54, 1.807) is 17.5 Å². The summed E-state index contributed by atoms with van der Waals surface area (Å²) in [5, 5.41) is 1.27. The van der Waals surface area contributed by atoms with Crippen molar-refractivity contribution >= 4 is 34.6 Å². The highest BCUT2D eigenvalue weighted by molar-refractivity contribution is 7.71. The molecule has 4 nitrogen and oxygen atoms in total. The molecule has 0 spiro atoms. The van der Waals surface area contributed by atoms with Crippen molar-refractivity contribution in [2.24, 2.45) is 0 Å². The van der Waals surface area contributed by atoms with E-state index in [9.17, 15) is 18.0 Å². The first kappa shape index (κ1) is 17.8. The van der Waals surface area contributed by atoms with Gasteiger partial charge in [-0.25, -0.2) is 4.98 Å². The van der Waals surface area contributed by atoms with Gasteiger partial charge in [0.25, 0.3) is 5.56 Å². The summed E-state index contributed by atoms with van der Waals surface area (Å²) in [5.74, 6) is 0. The lowest BCUT2D eigenvalue weighted by atomic mass is 10.1. The summed E-state index contributed by atoms with van der Waals surface area (Å²) in [5.41, 5.74) is -1.75. The molecule has 3 heterocycles. The van der Waals surface area contributed by atoms with E-state index in [-0.39, 0.29) is 22.2 Å². The molecule has 3 rings (SSSR count). The van der Waals surface area contributed by atoms with Crippen molar-refractivity contribution in [2.75, 3.05) is 0 Å². The number of aromatic nitrogens is 3. The smallest absolute Gasteiger partial charge is 0.300 e. The van der Waals surface area contributed by atoms with Gasteiger partial charge in [-0.3, -0.25) is 14.3 Å². The average molecular weight is 385 g/mol. The van der Waals surface area contributed by atoms with Gasteiger partial charge in [0, 0.05) is 6.04 Å². The highest BCUT2D eigenvalue weighted by atomic mass is 32.1. The number of aromatic amines is 1. The number of thiophene rings is 1. The number of fused-ring (bicyclic) bond motifs is 1. The average Bonchev–Trinajstić information content (AvgIpc) is 3.06. The second kappa shape index (κ2) is 6.38. The van der Waals surface area contributed by atoms with Crippen molar-refractivity contribution in [3.05, 3.63) is 44.3 Å². The molecule has 9 heteroatoms. The third kappa shape index (κ3) is 3.13. The van der Waals surface area contributed by atoms with Crippen LogP contribution in [0.25, 0.3) is 21.6 Å². The predicted octanol–water partition coefficient (Wildman–Crippen LogP) is 5.17. The van der Waals surface area contributed by atoms with E-state index in [1.807, 2.05) is 13.8 Å². The van der Waals surface area contributed by atoms with Gasteiger partial charge in [-0.1, -0.05) is 13.0 Å². The number of rotatable bonds is 3. The number of nitrogens with one attached hydrogen (secondary N) is 1. The molecule has 0 fully saturated rings. The van der Waals surface area contributed by atoms with Crippen LogP contribution in [0.4, 0.5) is 13.2 Å². The summed E-state index contributed by atoms with van der Waals surface area (Å²) in [6, 6.07) is 4.14. The maximum atomic E-state index is 13.6. The Labute approximate surface area is 150 Å². The molecule has 0 aliphatic heterocycles. The molecule has 0 aromatic carbocycles. The lowest BCUT2D eigenvalue weighted by molar-refractivity contribution is -0.136. The molecule has 0 unspecified atom stereocenters. The minimum absolute atomic E-state index is 0.0404. The number of pyridine rings is 1. The number of nitrogens with zero attached hydrogens (tertiary/aromatic N) is 2. The molecular formula is C16H14F3N3OS2. The third-order valence-electron chi connectivity index (χ3n) is 4.01. The fourth-order valence-electron chi connectivity index (χ4n) is 2.61. The summed E-state index contributed by atoms with van der Waals surface area (Å²) < 4.78 is 42.4. The summed E-state index contributed by atoms with van der Waals surface area (Å²) >= 11 is 6.46. The molecule has 1 atom stereocenters. The van der Waals surface area contributed by atoms with Gasteiger partial charge in [0.1, 0.15) is 5.65 Å². The van der Waals surface area contributed by atoms with Crippen molar-refractivity contribution in [2.45, 2.75) is 32.5 Å². The second-order valence-electron chi connectivity index (χ2n) is 5.62. The Morgan fingerprint density at radius 1 is 1.44 bits per heavy atom. The molecular weight excluding hydrogens is 371 g/mol. The van der Waals surface area contributed by atoms with Crippen LogP contribution in [0, 0.1) is 4.77 Å². The lowest BCUT2D eigenvalue weighted by Crippen LogP contribution is -2.22. The predicted molar refractivity (Wildman–Crippen MR) is 94.5 cm³/mol. The zero-order valence-electron chi connectivity index (χ0n) is 13.3. The van der Waals surface area contributed by atoms with E-state index in [2.05, 4.69) is 9.97 Å². The molecule has 0 saturated carbocycles. The first-order valence-electron chi connectivity index (χ1n) is 7.54. The van der Waals surface area contributed by atoms with Crippen molar-refractivity contribution in [3.63, 3.8) is 0 Å². The Morgan fingerprint density at radius 3 is 2.72 bits per heavy atom. The summed E-state index contributed by atoms with van der Waals surface area (Å²) in [4.78, 5) is 19.6. The quantitative estimate of drug-likeness (QED) is 0.633. The number of alkyl halides is 3. The molecule has 3 aromatic rings. The topological polar surface area (TPSA) is 50.7 Å². The number of halogens is 3. The van der Waals surface area contributed by atoms with E-state index >= 15 is 0 Å². The molecule has 0 aliphatic rings. The summed E-state index contributed by atoms with van der Waals surface area (Å²) in [7, 11) is 0. The zero-order chi connectivity index (χ0) is 18.4. The van der Waals surface area contributed by atoms with E-state index in [0.29, 0.717) is 11.3 Å². The molecule has 1 N–H and O–H groups in total. The van der Waals surface area contributed by atoms with Crippen molar-refractivity contribution < 1.29 is 13.2 Å². The van der Waals surface area contributed by atoms with Crippen molar-refractivity contribution in [3.8, 4) is 10.6 Å². The maximum Gasteiger partial charge on any atom is 0.417 e. The standard InChI is InChI=1S/C16H14F3N3OS2/c1-3-8(2)22-13-12(14(23)21-15(22)24)9(16(17,18)19)7-10(20-13)11-5-4-6-25-11/h4-8H,3H2,1-2H3,(H,21,23,24)/t8-/m1/s1. The number of hydrogen-bond acceptors (Lipinski definition) is 4. The highest BCUT2D eigenvalue weighted by Gasteiger charge is 2.35. The minimum atomic E-state index is -4.68. The largest absolute Gasteiger partial charge is 0.417 e. The fourth-order valence-corrected chi connectivity index (χ4v) is 3.66. The molecule has 25 heavy (non-hydrogen) atoms. The Balaban J connectivity index is 2.53. The Morgan fingerprint density at radius 2 is 2.16 bits per heavy atom. The third-order valence-corrected chi connectivity index (χ3v) is 5.20. The van der Waals surface area contributed by atoms with E-state index in [1.165, 1.54) is 15.9 Å². The van der Waals surface area contributed by atoms with Crippen LogP contribution in [0.2, 0.25) is 0 Å². The highest BCUT2D eigenvalue weighted by Crippen LogP contribution is 2.36. The van der Waals surface area contributed by atoms with Gasteiger partial charge in [0.05, 0.1) is 21.5 Å². The fraction of sp³-hybridized carbons (Fsp3) is 0.312. The maximum absolute atomic E-state index is 13.6. The van der Waals surface area contributed by atoms with Crippen molar-refractivity contribution in [1.29, 1.82) is 0 Å². The van der Waals surface area contributed by atoms with Crippen LogP contribution in [0.15, 0.2) is 28.4 Å². The Bertz CT molecular complexity index is 1040. The summed E-state index contributed by atoms with van der Waals surface area (Å²) in [6.45, 7) is 3.71. The first-order valence-corrected chi connectivity index (χ1v) is 8.83. The Kier molecular flexibility index (Phi) is 4.54. The van der Waals surface area contributed by atoms with Crippen LogP contribution in [-0.2, 0) is 6.18 Å². The van der Waals surface area contributed by atoms with Gasteiger partial charge in [-0.15, -0.1) is 11.3 Å². The van der Waals surface area contributed by atoms with Gasteiger partial charge in [-0.2, -0.15) is 13.2 Å². The molecule has 0 aliphatic carbocycles. The second-order valence-corrected chi connectivity index (χ2v) is 6.95. The first-order chi connectivity index (χ1) is 11.7. The van der Waals surface area contributed by atoms with Crippen LogP contribution < -0.4 is 5.56 Å². The van der Waals surface area contributed by atoms with E-state index in [4.69, 9.17) is 12.2 Å². The monoisotopic (exact) mass is 385 g/mol. The van der Waals surface area contributed by atoms with E-state index in [0.717, 1.165) is 6.07 Å². The van der Waals surface area contributed by atoms with Crippen LogP contribution >= 0.6 is 23.6 Å². The minimum Gasteiger partial charge on any atom is -0.300 e. The van der Waals surface area contributed by atoms with E-state index < -0.39 is 22.7 Å². The van der Waals surface area contributed by atoms with Crippen LogP contribution in [0.3, 0.4) is 0 Å². The van der Waals surface area contributed by atoms with Crippen LogP contribution in [0.1, 0.15) is 31.9 Å². The van der Waals surface area contributed by atoms with Gasteiger partial charge in [-0.05, 0) is 43.1 Å². The van der Waals surface area contributed by atoms with Gasteiger partial charge < -0.3 is 0 Å². The summed E-state index contributed by atoms with van der Waals surface area (Å²) in [6.07, 6.45) is -4.06. The van der Waals surface area contributed by atoms with Crippen molar-refractivity contribution in [1.82, 2.24) is 14.5 Å². The SMILES string of the molecule is CC[C@@H](C)n1c(=S)[nH]c(=O)c2c(C(F)(F)F)cc(-c3cccs3)nc21. The molecule has 0 bridgehead atoms. The van der Waals surface area contributed by atoms with Gasteiger partial charge >= 0.3 is 6.18 Å². The lowest BCUT2D eigenvalue weighted by Gasteiger charge is -2.19. The Hall–Kier alpha value is -2.00. The van der Waals surface area contributed by atoms with Crippen LogP contribution in [0.5, 0.6) is 0 Å². The van der Waals surface area contributed by atoms with Gasteiger partial charge in [0.15, 0.2) is 4.77 Å².